The third-order valence-electron chi connectivity index (χ3n) is 2.84. The third kappa shape index (κ3) is 1.55. The monoisotopic (exact) mass is 193 g/mol. The number of aromatic hydroxyl groups is 2. The van der Waals surface area contributed by atoms with Crippen LogP contribution >= 0.6 is 0 Å². The maximum absolute atomic E-state index is 9.37. The van der Waals surface area contributed by atoms with Crippen LogP contribution in [-0.2, 0) is 13.0 Å². The van der Waals surface area contributed by atoms with E-state index in [1.54, 1.807) is 12.1 Å². The summed E-state index contributed by atoms with van der Waals surface area (Å²) in [6.45, 7) is 5.07. The van der Waals surface area contributed by atoms with E-state index in [9.17, 15) is 10.2 Å². The Morgan fingerprint density at radius 3 is 2.50 bits per heavy atom. The number of phenols is 2. The number of likely N-dealkylation sites (N-methyl/N-ethyl adjacent to an activating group) is 1. The average molecular weight is 193 g/mol. The second kappa shape index (κ2) is 3.50. The van der Waals surface area contributed by atoms with Gasteiger partial charge in [0.1, 0.15) is 0 Å². The summed E-state index contributed by atoms with van der Waals surface area (Å²) < 4.78 is 0. The molecule has 14 heavy (non-hydrogen) atoms. The fourth-order valence-electron chi connectivity index (χ4n) is 1.91. The molecule has 0 aromatic heterocycles. The first-order valence-electron chi connectivity index (χ1n) is 4.96. The molecule has 0 spiro atoms. The van der Waals surface area contributed by atoms with Crippen molar-refractivity contribution in [3.8, 4) is 11.5 Å². The fourth-order valence-corrected chi connectivity index (χ4v) is 1.91. The van der Waals surface area contributed by atoms with Crippen molar-refractivity contribution in [2.45, 2.75) is 19.9 Å². The summed E-state index contributed by atoms with van der Waals surface area (Å²) in [6.07, 6.45) is 0.955. The van der Waals surface area contributed by atoms with E-state index in [4.69, 9.17) is 0 Å². The Morgan fingerprint density at radius 1 is 1.21 bits per heavy atom. The van der Waals surface area contributed by atoms with Gasteiger partial charge in [0.2, 0.25) is 0 Å². The molecular weight excluding hydrogens is 178 g/mol. The van der Waals surface area contributed by atoms with Crippen molar-refractivity contribution in [1.82, 2.24) is 4.90 Å². The van der Waals surface area contributed by atoms with Crippen LogP contribution < -0.4 is 0 Å². The van der Waals surface area contributed by atoms with Gasteiger partial charge in [-0.05, 0) is 36.2 Å². The molecule has 0 saturated heterocycles. The minimum atomic E-state index is -0.0123. The standard InChI is InChI=1S/C11H15NO2/c1-2-12-4-3-8-5-10(13)11(14)6-9(8)7-12/h5-6,13-14H,2-4,7H2,1H3. The Hall–Kier alpha value is -1.22. The van der Waals surface area contributed by atoms with Crippen LogP contribution in [0.5, 0.6) is 11.5 Å². The molecule has 1 heterocycles. The summed E-state index contributed by atoms with van der Waals surface area (Å²) in [7, 11) is 0. The summed E-state index contributed by atoms with van der Waals surface area (Å²) in [5, 5.41) is 18.7. The molecule has 2 N–H and O–H groups in total. The van der Waals surface area contributed by atoms with Gasteiger partial charge in [0.25, 0.3) is 0 Å². The molecule has 76 valence electrons. The van der Waals surface area contributed by atoms with E-state index in [1.807, 2.05) is 0 Å². The minimum Gasteiger partial charge on any atom is -0.504 e. The Kier molecular flexibility index (Phi) is 2.33. The van der Waals surface area contributed by atoms with Gasteiger partial charge in [-0.15, -0.1) is 0 Å². The SMILES string of the molecule is CCN1CCc2cc(O)c(O)cc2C1. The molecule has 1 aromatic carbocycles. The van der Waals surface area contributed by atoms with E-state index in [-0.39, 0.29) is 11.5 Å². The smallest absolute Gasteiger partial charge is 0.157 e. The van der Waals surface area contributed by atoms with Gasteiger partial charge in [-0.2, -0.15) is 0 Å². The van der Waals surface area contributed by atoms with E-state index < -0.39 is 0 Å². The van der Waals surface area contributed by atoms with E-state index in [0.29, 0.717) is 0 Å². The molecule has 0 amide bonds. The molecule has 1 aliphatic heterocycles. The van der Waals surface area contributed by atoms with Gasteiger partial charge < -0.3 is 10.2 Å². The van der Waals surface area contributed by atoms with Gasteiger partial charge in [0, 0.05) is 13.1 Å². The lowest BCUT2D eigenvalue weighted by atomic mass is 9.99. The highest BCUT2D eigenvalue weighted by Crippen LogP contribution is 2.31. The van der Waals surface area contributed by atoms with Crippen molar-refractivity contribution in [3.63, 3.8) is 0 Å². The summed E-state index contributed by atoms with van der Waals surface area (Å²) in [4.78, 5) is 2.32. The number of hydrogen-bond acceptors (Lipinski definition) is 3. The van der Waals surface area contributed by atoms with Crippen molar-refractivity contribution in [3.05, 3.63) is 23.3 Å². The van der Waals surface area contributed by atoms with Crippen LogP contribution in [0.2, 0.25) is 0 Å². The van der Waals surface area contributed by atoms with Crippen LogP contribution in [0, 0.1) is 0 Å². The predicted octanol–water partition coefficient (Wildman–Crippen LogP) is 1.48. The number of hydrogen-bond donors (Lipinski definition) is 2. The zero-order chi connectivity index (χ0) is 10.1. The van der Waals surface area contributed by atoms with Gasteiger partial charge >= 0.3 is 0 Å². The minimum absolute atomic E-state index is 0.00583. The quantitative estimate of drug-likeness (QED) is 0.664. The van der Waals surface area contributed by atoms with Gasteiger partial charge in [-0.3, -0.25) is 4.90 Å². The molecule has 0 saturated carbocycles. The zero-order valence-corrected chi connectivity index (χ0v) is 8.32. The van der Waals surface area contributed by atoms with E-state index in [0.717, 1.165) is 37.2 Å². The Bertz CT molecular complexity index is 349. The van der Waals surface area contributed by atoms with Crippen molar-refractivity contribution in [2.24, 2.45) is 0 Å². The summed E-state index contributed by atoms with van der Waals surface area (Å²) >= 11 is 0. The fraction of sp³-hybridized carbons (Fsp3) is 0.455. The highest BCUT2D eigenvalue weighted by atomic mass is 16.3. The second-order valence-electron chi connectivity index (χ2n) is 3.73. The van der Waals surface area contributed by atoms with E-state index in [2.05, 4.69) is 11.8 Å². The number of benzene rings is 1. The van der Waals surface area contributed by atoms with Crippen LogP contribution in [0.4, 0.5) is 0 Å². The molecular formula is C11H15NO2. The zero-order valence-electron chi connectivity index (χ0n) is 8.32. The molecule has 0 atom stereocenters. The van der Waals surface area contributed by atoms with Crippen molar-refractivity contribution >= 4 is 0 Å². The van der Waals surface area contributed by atoms with Crippen LogP contribution in [-0.4, -0.2) is 28.2 Å². The molecule has 0 aliphatic carbocycles. The largest absolute Gasteiger partial charge is 0.504 e. The van der Waals surface area contributed by atoms with Crippen LogP contribution in [0.15, 0.2) is 12.1 Å². The van der Waals surface area contributed by atoms with Gasteiger partial charge in [-0.1, -0.05) is 6.92 Å². The van der Waals surface area contributed by atoms with Crippen LogP contribution in [0.1, 0.15) is 18.1 Å². The molecule has 3 heteroatoms. The van der Waals surface area contributed by atoms with Crippen LogP contribution in [0.25, 0.3) is 0 Å². The second-order valence-corrected chi connectivity index (χ2v) is 3.73. The van der Waals surface area contributed by atoms with Crippen LogP contribution in [0.3, 0.4) is 0 Å². The van der Waals surface area contributed by atoms with Crippen molar-refractivity contribution < 1.29 is 10.2 Å². The third-order valence-corrected chi connectivity index (χ3v) is 2.84. The van der Waals surface area contributed by atoms with Gasteiger partial charge in [-0.25, -0.2) is 0 Å². The lowest BCUT2D eigenvalue weighted by molar-refractivity contribution is 0.266. The molecule has 3 nitrogen and oxygen atoms in total. The first-order chi connectivity index (χ1) is 6.70. The topological polar surface area (TPSA) is 43.7 Å². The number of fused-ring (bicyclic) bond motifs is 1. The molecule has 0 bridgehead atoms. The first-order valence-corrected chi connectivity index (χ1v) is 4.96. The Labute approximate surface area is 83.6 Å². The lowest BCUT2D eigenvalue weighted by Crippen LogP contribution is -2.30. The van der Waals surface area contributed by atoms with Gasteiger partial charge in [0.05, 0.1) is 0 Å². The summed E-state index contributed by atoms with van der Waals surface area (Å²) in [5.41, 5.74) is 2.29. The number of phenolic OH excluding ortho intramolecular Hbond substituents is 2. The molecule has 0 unspecified atom stereocenters. The number of rotatable bonds is 1. The highest BCUT2D eigenvalue weighted by Gasteiger charge is 2.16. The predicted molar refractivity (Wildman–Crippen MR) is 54.4 cm³/mol. The van der Waals surface area contributed by atoms with E-state index >= 15 is 0 Å². The normalized spacial score (nSPS) is 16.6. The maximum atomic E-state index is 9.37. The molecule has 1 aromatic rings. The Balaban J connectivity index is 2.33. The van der Waals surface area contributed by atoms with Crippen molar-refractivity contribution in [2.75, 3.05) is 13.1 Å². The molecule has 0 radical (unpaired) electrons. The van der Waals surface area contributed by atoms with Gasteiger partial charge in [0.15, 0.2) is 11.5 Å². The Morgan fingerprint density at radius 2 is 1.86 bits per heavy atom. The van der Waals surface area contributed by atoms with Crippen molar-refractivity contribution in [1.29, 1.82) is 0 Å². The highest BCUT2D eigenvalue weighted by molar-refractivity contribution is 5.46. The number of nitrogens with zero attached hydrogens (tertiary/aromatic N) is 1. The van der Waals surface area contributed by atoms with E-state index in [1.165, 1.54) is 0 Å². The summed E-state index contributed by atoms with van der Waals surface area (Å²) in [5.74, 6) is -0.0181. The molecule has 0 fully saturated rings. The lowest BCUT2D eigenvalue weighted by Gasteiger charge is -2.27. The average Bonchev–Trinajstić information content (AvgIpc) is 2.19. The maximum Gasteiger partial charge on any atom is 0.157 e. The first kappa shape index (κ1) is 9.34. The molecule has 2 rings (SSSR count). The summed E-state index contributed by atoms with van der Waals surface area (Å²) in [6, 6.07) is 3.35. The molecule has 1 aliphatic rings.